The summed E-state index contributed by atoms with van der Waals surface area (Å²) in [6.45, 7) is 3.01. The number of anilines is 1. The van der Waals surface area contributed by atoms with Crippen LogP contribution in [-0.4, -0.2) is 22.3 Å². The van der Waals surface area contributed by atoms with Crippen molar-refractivity contribution < 1.29 is 18.3 Å². The summed E-state index contributed by atoms with van der Waals surface area (Å²) in [5.41, 5.74) is 2.19. The number of rotatable bonds is 6. The van der Waals surface area contributed by atoms with Crippen LogP contribution >= 0.6 is 27.5 Å². The van der Waals surface area contributed by atoms with Crippen LogP contribution in [0.5, 0.6) is 5.75 Å². The van der Waals surface area contributed by atoms with Crippen molar-refractivity contribution in [3.8, 4) is 5.75 Å². The maximum Gasteiger partial charge on any atom is 0.387 e. The zero-order valence-electron chi connectivity index (χ0n) is 13.8. The van der Waals surface area contributed by atoms with Gasteiger partial charge in [-0.15, -0.1) is 0 Å². The van der Waals surface area contributed by atoms with Gasteiger partial charge >= 0.3 is 6.61 Å². The molecule has 0 aliphatic rings. The van der Waals surface area contributed by atoms with Gasteiger partial charge in [-0.3, -0.25) is 9.48 Å². The molecular formula is C16H17BrClF2N3O2. The van der Waals surface area contributed by atoms with Crippen molar-refractivity contribution in [2.75, 3.05) is 5.32 Å². The Hall–Kier alpha value is -1.67. The third-order valence-corrected chi connectivity index (χ3v) is 5.05. The third-order valence-electron chi connectivity index (χ3n) is 3.60. The molecule has 1 heterocycles. The Kier molecular flexibility index (Phi) is 6.40. The van der Waals surface area contributed by atoms with Crippen LogP contribution in [0.25, 0.3) is 0 Å². The summed E-state index contributed by atoms with van der Waals surface area (Å²) in [6.07, 6.45) is 0. The van der Waals surface area contributed by atoms with Crippen LogP contribution in [0, 0.1) is 19.8 Å². The van der Waals surface area contributed by atoms with Gasteiger partial charge < -0.3 is 10.1 Å². The summed E-state index contributed by atoms with van der Waals surface area (Å²) >= 11 is 9.33. The lowest BCUT2D eigenvalue weighted by atomic mass is 10.1. The number of hydrogen-bond acceptors (Lipinski definition) is 3. The first-order valence-electron chi connectivity index (χ1n) is 7.43. The molecule has 1 amide bonds. The van der Waals surface area contributed by atoms with Gasteiger partial charge in [0.15, 0.2) is 0 Å². The SMILES string of the molecule is Cc1nn(CC(C)C(=O)Nc2ccc(OC(F)F)c(Cl)c2)c(C)c1Br. The average molecular weight is 437 g/mol. The van der Waals surface area contributed by atoms with Crippen molar-refractivity contribution in [3.63, 3.8) is 0 Å². The first kappa shape index (κ1) is 19.7. The molecule has 0 aliphatic heterocycles. The second-order valence-corrected chi connectivity index (χ2v) is 6.78. The van der Waals surface area contributed by atoms with Gasteiger partial charge in [-0.1, -0.05) is 18.5 Å². The second kappa shape index (κ2) is 8.14. The van der Waals surface area contributed by atoms with Crippen LogP contribution in [0.2, 0.25) is 5.02 Å². The highest BCUT2D eigenvalue weighted by Crippen LogP contribution is 2.29. The van der Waals surface area contributed by atoms with Crippen molar-refractivity contribution in [2.24, 2.45) is 5.92 Å². The molecule has 2 rings (SSSR count). The lowest BCUT2D eigenvalue weighted by Crippen LogP contribution is -2.25. The number of alkyl halides is 2. The van der Waals surface area contributed by atoms with Crippen LogP contribution in [-0.2, 0) is 11.3 Å². The lowest BCUT2D eigenvalue weighted by Gasteiger charge is -2.14. The molecule has 1 aromatic carbocycles. The molecule has 1 atom stereocenters. The van der Waals surface area contributed by atoms with Crippen LogP contribution in [0.4, 0.5) is 14.5 Å². The van der Waals surface area contributed by atoms with Crippen LogP contribution < -0.4 is 10.1 Å². The average Bonchev–Trinajstić information content (AvgIpc) is 2.76. The number of aryl methyl sites for hydroxylation is 1. The summed E-state index contributed by atoms with van der Waals surface area (Å²) in [5.74, 6) is -0.738. The molecule has 25 heavy (non-hydrogen) atoms. The monoisotopic (exact) mass is 435 g/mol. The summed E-state index contributed by atoms with van der Waals surface area (Å²) in [5, 5.41) is 7.07. The third kappa shape index (κ3) is 4.92. The van der Waals surface area contributed by atoms with E-state index in [1.165, 1.54) is 18.2 Å². The van der Waals surface area contributed by atoms with E-state index < -0.39 is 6.61 Å². The topological polar surface area (TPSA) is 56.2 Å². The fraction of sp³-hybridized carbons (Fsp3) is 0.375. The second-order valence-electron chi connectivity index (χ2n) is 5.58. The van der Waals surface area contributed by atoms with Gasteiger partial charge in [0.2, 0.25) is 5.91 Å². The maximum absolute atomic E-state index is 12.3. The molecule has 1 unspecified atom stereocenters. The molecule has 9 heteroatoms. The van der Waals surface area contributed by atoms with Crippen molar-refractivity contribution in [1.29, 1.82) is 0 Å². The van der Waals surface area contributed by atoms with E-state index in [-0.39, 0.29) is 22.6 Å². The van der Waals surface area contributed by atoms with Gasteiger partial charge in [-0.05, 0) is 48.0 Å². The minimum Gasteiger partial charge on any atom is -0.433 e. The van der Waals surface area contributed by atoms with E-state index in [1.54, 1.807) is 11.6 Å². The van der Waals surface area contributed by atoms with Gasteiger partial charge in [0, 0.05) is 11.4 Å². The highest BCUT2D eigenvalue weighted by atomic mass is 79.9. The largest absolute Gasteiger partial charge is 0.433 e. The normalized spacial score (nSPS) is 12.3. The van der Waals surface area contributed by atoms with Gasteiger partial charge in [0.25, 0.3) is 0 Å². The molecule has 0 bridgehead atoms. The number of hydrogen-bond donors (Lipinski definition) is 1. The molecule has 2 aromatic rings. The fourth-order valence-corrected chi connectivity index (χ4v) is 2.74. The summed E-state index contributed by atoms with van der Waals surface area (Å²) < 4.78 is 31.4. The Morgan fingerprint density at radius 2 is 2.12 bits per heavy atom. The molecule has 0 saturated carbocycles. The smallest absolute Gasteiger partial charge is 0.387 e. The molecule has 0 spiro atoms. The van der Waals surface area contributed by atoms with E-state index in [1.807, 2.05) is 13.8 Å². The van der Waals surface area contributed by atoms with Crippen molar-refractivity contribution in [3.05, 3.63) is 39.1 Å². The Labute approximate surface area is 157 Å². The number of ether oxygens (including phenoxy) is 1. The first-order chi connectivity index (χ1) is 11.7. The highest BCUT2D eigenvalue weighted by Gasteiger charge is 2.18. The van der Waals surface area contributed by atoms with E-state index in [0.29, 0.717) is 12.2 Å². The Morgan fingerprint density at radius 3 is 2.64 bits per heavy atom. The number of halogens is 4. The highest BCUT2D eigenvalue weighted by molar-refractivity contribution is 9.10. The number of carbonyl (C=O) groups is 1. The van der Waals surface area contributed by atoms with Gasteiger partial charge in [0.1, 0.15) is 5.75 Å². The number of nitrogens with one attached hydrogen (secondary N) is 1. The standard InChI is InChI=1S/C16H17BrClF2N3O2/c1-8(7-23-10(3)14(17)9(2)22-23)15(24)21-11-4-5-13(12(18)6-11)25-16(19)20/h4-6,8,16H,7H2,1-3H3,(H,21,24). The van der Waals surface area contributed by atoms with Crippen molar-refractivity contribution in [1.82, 2.24) is 9.78 Å². The molecular weight excluding hydrogens is 420 g/mol. The summed E-state index contributed by atoms with van der Waals surface area (Å²) in [7, 11) is 0. The van der Waals surface area contributed by atoms with Crippen LogP contribution in [0.3, 0.4) is 0 Å². The van der Waals surface area contributed by atoms with Gasteiger partial charge in [0.05, 0.1) is 27.7 Å². The Morgan fingerprint density at radius 1 is 1.44 bits per heavy atom. The molecule has 5 nitrogen and oxygen atoms in total. The fourth-order valence-electron chi connectivity index (χ4n) is 2.23. The maximum atomic E-state index is 12.3. The molecule has 1 aromatic heterocycles. The van der Waals surface area contributed by atoms with E-state index >= 15 is 0 Å². The van der Waals surface area contributed by atoms with E-state index in [4.69, 9.17) is 11.6 Å². The summed E-state index contributed by atoms with van der Waals surface area (Å²) in [4.78, 5) is 12.3. The molecule has 136 valence electrons. The van der Waals surface area contributed by atoms with Crippen molar-refractivity contribution in [2.45, 2.75) is 33.9 Å². The number of carbonyl (C=O) groups excluding carboxylic acids is 1. The molecule has 0 radical (unpaired) electrons. The predicted molar refractivity (Wildman–Crippen MR) is 95.3 cm³/mol. The summed E-state index contributed by atoms with van der Waals surface area (Å²) in [6, 6.07) is 4.10. The zero-order chi connectivity index (χ0) is 18.7. The first-order valence-corrected chi connectivity index (χ1v) is 8.61. The van der Waals surface area contributed by atoms with E-state index in [9.17, 15) is 13.6 Å². The van der Waals surface area contributed by atoms with Crippen LogP contribution in [0.1, 0.15) is 18.3 Å². The number of amides is 1. The Bertz CT molecular complexity index is 783. The predicted octanol–water partition coefficient (Wildman–Crippen LogP) is 4.79. The van der Waals surface area contributed by atoms with Crippen molar-refractivity contribution >= 4 is 39.1 Å². The van der Waals surface area contributed by atoms with Gasteiger partial charge in [-0.2, -0.15) is 13.9 Å². The Balaban J connectivity index is 2.03. The molecule has 0 fully saturated rings. The van der Waals surface area contributed by atoms with E-state index in [2.05, 4.69) is 31.1 Å². The number of benzene rings is 1. The molecule has 1 N–H and O–H groups in total. The number of aromatic nitrogens is 2. The molecule has 0 aliphatic carbocycles. The van der Waals surface area contributed by atoms with E-state index in [0.717, 1.165) is 15.9 Å². The quantitative estimate of drug-likeness (QED) is 0.708. The minimum atomic E-state index is -2.96. The zero-order valence-corrected chi connectivity index (χ0v) is 16.2. The number of nitrogens with zero attached hydrogens (tertiary/aromatic N) is 2. The van der Waals surface area contributed by atoms with Crippen LogP contribution in [0.15, 0.2) is 22.7 Å². The lowest BCUT2D eigenvalue weighted by molar-refractivity contribution is -0.119. The minimum absolute atomic E-state index is 0.00627. The van der Waals surface area contributed by atoms with Gasteiger partial charge in [-0.25, -0.2) is 0 Å². The molecule has 0 saturated heterocycles.